The summed E-state index contributed by atoms with van der Waals surface area (Å²) < 4.78 is 11.3. The highest BCUT2D eigenvalue weighted by molar-refractivity contribution is 5.72. The molecule has 2 aromatic carbocycles. The standard InChI is InChI=1S/C21H26O3/c1-3-5-7-10-17-13-14-19(24-21(22)4-2)20(15-17)23-16-18-11-8-6-9-12-18/h6,8-9,11-15H,3-5,7,10,16H2,1-2H3. The predicted molar refractivity (Wildman–Crippen MR) is 96.4 cm³/mol. The number of rotatable bonds is 9. The molecule has 0 atom stereocenters. The van der Waals surface area contributed by atoms with E-state index in [1.54, 1.807) is 6.92 Å². The Bertz CT molecular complexity index is 635. The average molecular weight is 326 g/mol. The molecule has 0 heterocycles. The molecular weight excluding hydrogens is 300 g/mol. The first-order valence-corrected chi connectivity index (χ1v) is 8.73. The van der Waals surface area contributed by atoms with Gasteiger partial charge in [-0.2, -0.15) is 0 Å². The lowest BCUT2D eigenvalue weighted by Crippen LogP contribution is -2.07. The van der Waals surface area contributed by atoms with Crippen molar-refractivity contribution < 1.29 is 14.3 Å². The number of hydrogen-bond acceptors (Lipinski definition) is 3. The Morgan fingerprint density at radius 2 is 1.71 bits per heavy atom. The molecular formula is C21H26O3. The summed E-state index contributed by atoms with van der Waals surface area (Å²) in [5, 5.41) is 0. The summed E-state index contributed by atoms with van der Waals surface area (Å²) in [5.41, 5.74) is 2.30. The smallest absolute Gasteiger partial charge is 0.311 e. The lowest BCUT2D eigenvalue weighted by molar-refractivity contribution is -0.134. The molecule has 0 unspecified atom stereocenters. The Kier molecular flexibility index (Phi) is 7.34. The number of unbranched alkanes of at least 4 members (excludes halogenated alkanes) is 2. The van der Waals surface area contributed by atoms with Crippen LogP contribution < -0.4 is 9.47 Å². The zero-order chi connectivity index (χ0) is 17.2. The third-order valence-corrected chi connectivity index (χ3v) is 3.83. The number of carbonyl (C=O) groups is 1. The minimum atomic E-state index is -0.252. The molecule has 0 saturated heterocycles. The van der Waals surface area contributed by atoms with E-state index in [0.717, 1.165) is 18.4 Å². The number of benzene rings is 2. The summed E-state index contributed by atoms with van der Waals surface area (Å²) in [7, 11) is 0. The van der Waals surface area contributed by atoms with Gasteiger partial charge in [0.2, 0.25) is 0 Å². The number of aryl methyl sites for hydroxylation is 1. The fourth-order valence-corrected chi connectivity index (χ4v) is 2.41. The van der Waals surface area contributed by atoms with Gasteiger partial charge in [0, 0.05) is 6.42 Å². The van der Waals surface area contributed by atoms with Gasteiger partial charge in [0.25, 0.3) is 0 Å². The first-order valence-electron chi connectivity index (χ1n) is 8.73. The number of ether oxygens (including phenoxy) is 2. The van der Waals surface area contributed by atoms with Gasteiger partial charge < -0.3 is 9.47 Å². The minimum absolute atomic E-state index is 0.252. The largest absolute Gasteiger partial charge is 0.485 e. The quantitative estimate of drug-likeness (QED) is 0.356. The Labute approximate surface area is 144 Å². The van der Waals surface area contributed by atoms with E-state index < -0.39 is 0 Å². The first kappa shape index (κ1) is 18.1. The molecule has 0 aliphatic heterocycles. The molecule has 3 nitrogen and oxygen atoms in total. The maximum absolute atomic E-state index is 11.6. The van der Waals surface area contributed by atoms with Crippen LogP contribution >= 0.6 is 0 Å². The van der Waals surface area contributed by atoms with Crippen molar-refractivity contribution in [3.8, 4) is 11.5 Å². The van der Waals surface area contributed by atoms with Crippen LogP contribution in [0.5, 0.6) is 11.5 Å². The molecule has 0 N–H and O–H groups in total. The second kappa shape index (κ2) is 9.76. The summed E-state index contributed by atoms with van der Waals surface area (Å²) in [6.45, 7) is 4.43. The first-order chi connectivity index (χ1) is 11.7. The lowest BCUT2D eigenvalue weighted by Gasteiger charge is -2.13. The number of hydrogen-bond donors (Lipinski definition) is 0. The predicted octanol–water partition coefficient (Wildman–Crippen LogP) is 5.31. The van der Waals surface area contributed by atoms with Crippen LogP contribution in [0, 0.1) is 0 Å². The maximum atomic E-state index is 11.6. The zero-order valence-electron chi connectivity index (χ0n) is 14.6. The highest BCUT2D eigenvalue weighted by Crippen LogP contribution is 2.30. The van der Waals surface area contributed by atoms with E-state index in [2.05, 4.69) is 6.92 Å². The lowest BCUT2D eigenvalue weighted by atomic mass is 10.1. The number of carbonyl (C=O) groups excluding carboxylic acids is 1. The van der Waals surface area contributed by atoms with Crippen LogP contribution in [0.4, 0.5) is 0 Å². The van der Waals surface area contributed by atoms with Gasteiger partial charge in [-0.05, 0) is 36.1 Å². The molecule has 3 heteroatoms. The molecule has 2 rings (SSSR count). The SMILES string of the molecule is CCCCCc1ccc(OC(=O)CC)c(OCc2ccccc2)c1. The van der Waals surface area contributed by atoms with Gasteiger partial charge in [-0.3, -0.25) is 4.79 Å². The van der Waals surface area contributed by atoms with Gasteiger partial charge in [0.1, 0.15) is 6.61 Å². The molecule has 24 heavy (non-hydrogen) atoms. The van der Waals surface area contributed by atoms with Crippen LogP contribution in [0.15, 0.2) is 48.5 Å². The zero-order valence-corrected chi connectivity index (χ0v) is 14.6. The molecule has 0 spiro atoms. The molecule has 0 amide bonds. The topological polar surface area (TPSA) is 35.5 Å². The fourth-order valence-electron chi connectivity index (χ4n) is 2.41. The summed E-state index contributed by atoms with van der Waals surface area (Å²) in [5.74, 6) is 0.880. The van der Waals surface area contributed by atoms with Gasteiger partial charge in [-0.25, -0.2) is 0 Å². The van der Waals surface area contributed by atoms with Crippen molar-refractivity contribution >= 4 is 5.97 Å². The summed E-state index contributed by atoms with van der Waals surface area (Å²) in [6.07, 6.45) is 4.92. The van der Waals surface area contributed by atoms with E-state index in [1.165, 1.54) is 18.4 Å². The van der Waals surface area contributed by atoms with E-state index >= 15 is 0 Å². The van der Waals surface area contributed by atoms with Crippen molar-refractivity contribution in [2.45, 2.75) is 52.6 Å². The molecule has 0 fully saturated rings. The van der Waals surface area contributed by atoms with Gasteiger partial charge in [-0.1, -0.05) is 63.1 Å². The second-order valence-electron chi connectivity index (χ2n) is 5.84. The highest BCUT2D eigenvalue weighted by Gasteiger charge is 2.11. The Hall–Kier alpha value is -2.29. The second-order valence-corrected chi connectivity index (χ2v) is 5.84. The van der Waals surface area contributed by atoms with Crippen molar-refractivity contribution in [1.29, 1.82) is 0 Å². The van der Waals surface area contributed by atoms with E-state index in [1.807, 2.05) is 48.5 Å². The highest BCUT2D eigenvalue weighted by atomic mass is 16.6. The van der Waals surface area contributed by atoms with Crippen molar-refractivity contribution in [3.63, 3.8) is 0 Å². The Morgan fingerprint density at radius 1 is 0.917 bits per heavy atom. The average Bonchev–Trinajstić information content (AvgIpc) is 2.62. The van der Waals surface area contributed by atoms with Crippen LogP contribution in [0.25, 0.3) is 0 Å². The number of esters is 1. The summed E-state index contributed by atoms with van der Waals surface area (Å²) in [4.78, 5) is 11.6. The third-order valence-electron chi connectivity index (χ3n) is 3.83. The van der Waals surface area contributed by atoms with E-state index in [4.69, 9.17) is 9.47 Å². The monoisotopic (exact) mass is 326 g/mol. The molecule has 0 radical (unpaired) electrons. The molecule has 0 aromatic heterocycles. The normalized spacial score (nSPS) is 10.4. The molecule has 2 aromatic rings. The van der Waals surface area contributed by atoms with E-state index in [9.17, 15) is 4.79 Å². The summed E-state index contributed by atoms with van der Waals surface area (Å²) in [6, 6.07) is 15.8. The Morgan fingerprint density at radius 3 is 2.42 bits per heavy atom. The molecule has 0 bridgehead atoms. The van der Waals surface area contributed by atoms with Crippen LogP contribution in [-0.4, -0.2) is 5.97 Å². The van der Waals surface area contributed by atoms with Crippen LogP contribution in [0.1, 0.15) is 50.7 Å². The van der Waals surface area contributed by atoms with Gasteiger partial charge in [0.15, 0.2) is 11.5 Å². The van der Waals surface area contributed by atoms with Gasteiger partial charge >= 0.3 is 5.97 Å². The van der Waals surface area contributed by atoms with Crippen LogP contribution in [0.3, 0.4) is 0 Å². The van der Waals surface area contributed by atoms with Crippen molar-refractivity contribution in [1.82, 2.24) is 0 Å². The van der Waals surface area contributed by atoms with Crippen LogP contribution in [-0.2, 0) is 17.8 Å². The van der Waals surface area contributed by atoms with Crippen molar-refractivity contribution in [3.05, 3.63) is 59.7 Å². The minimum Gasteiger partial charge on any atom is -0.485 e. The van der Waals surface area contributed by atoms with Crippen molar-refractivity contribution in [2.24, 2.45) is 0 Å². The van der Waals surface area contributed by atoms with E-state index in [-0.39, 0.29) is 5.97 Å². The van der Waals surface area contributed by atoms with Gasteiger partial charge in [-0.15, -0.1) is 0 Å². The Balaban J connectivity index is 2.12. The van der Waals surface area contributed by atoms with Crippen LogP contribution in [0.2, 0.25) is 0 Å². The molecule has 0 aliphatic rings. The van der Waals surface area contributed by atoms with Gasteiger partial charge in [0.05, 0.1) is 0 Å². The maximum Gasteiger partial charge on any atom is 0.311 e. The van der Waals surface area contributed by atoms with E-state index in [0.29, 0.717) is 24.5 Å². The molecule has 0 aliphatic carbocycles. The molecule has 0 saturated carbocycles. The fraction of sp³-hybridized carbons (Fsp3) is 0.381. The third kappa shape index (κ3) is 5.73. The molecule has 128 valence electrons. The van der Waals surface area contributed by atoms with Crippen molar-refractivity contribution in [2.75, 3.05) is 0 Å². The summed E-state index contributed by atoms with van der Waals surface area (Å²) >= 11 is 0.